The molecule has 5 rings (SSSR count). The van der Waals surface area contributed by atoms with Gasteiger partial charge in [-0.05, 0) is 82.7 Å². The van der Waals surface area contributed by atoms with Gasteiger partial charge < -0.3 is 24.5 Å². The molecule has 0 aliphatic heterocycles. The Morgan fingerprint density at radius 3 is 2.36 bits per heavy atom. The summed E-state index contributed by atoms with van der Waals surface area (Å²) in [4.78, 5) is 17.2. The minimum Gasteiger partial charge on any atom is -0.472 e. The summed E-state index contributed by atoms with van der Waals surface area (Å²) >= 11 is 0. The number of hydrogen-bond donors (Lipinski definition) is 2. The van der Waals surface area contributed by atoms with Gasteiger partial charge in [-0.1, -0.05) is 38.1 Å². The number of benzene rings is 1. The Kier molecular flexibility index (Phi) is 8.81. The van der Waals surface area contributed by atoms with Crippen molar-refractivity contribution in [2.45, 2.75) is 90.9 Å². The van der Waals surface area contributed by atoms with E-state index in [0.717, 1.165) is 41.0 Å². The van der Waals surface area contributed by atoms with Crippen LogP contribution in [-0.4, -0.2) is 49.6 Å². The number of anilines is 2. The molecule has 2 N–H and O–H groups in total. The molecular weight excluding hydrogens is 486 g/mol. The van der Waals surface area contributed by atoms with E-state index in [0.29, 0.717) is 24.6 Å². The fraction of sp³-hybridized carbons (Fsp3) is 0.516. The first-order valence-electron chi connectivity index (χ1n) is 14.7. The third kappa shape index (κ3) is 6.44. The van der Waals surface area contributed by atoms with E-state index in [1.807, 2.05) is 12.4 Å². The van der Waals surface area contributed by atoms with Gasteiger partial charge in [-0.3, -0.25) is 0 Å². The molecule has 0 spiro atoms. The van der Waals surface area contributed by atoms with E-state index in [1.165, 1.54) is 44.3 Å². The Balaban J connectivity index is 1.30. The highest BCUT2D eigenvalue weighted by Crippen LogP contribution is 2.28. The number of imidazole rings is 1. The number of rotatable bonds is 12. The number of hydrogen-bond acceptors (Lipinski definition) is 7. The van der Waals surface area contributed by atoms with E-state index in [1.54, 1.807) is 12.5 Å². The maximum absolute atomic E-state index is 5.22. The van der Waals surface area contributed by atoms with Crippen LogP contribution in [0.3, 0.4) is 0 Å². The molecule has 0 bridgehead atoms. The Morgan fingerprint density at radius 2 is 1.72 bits per heavy atom. The van der Waals surface area contributed by atoms with Crippen molar-refractivity contribution in [3.8, 4) is 11.1 Å². The lowest BCUT2D eigenvalue weighted by atomic mass is 9.90. The lowest BCUT2D eigenvalue weighted by Gasteiger charge is -2.37. The minimum absolute atomic E-state index is 0.264. The molecule has 1 aromatic carbocycles. The smallest absolute Gasteiger partial charge is 0.227 e. The van der Waals surface area contributed by atoms with E-state index >= 15 is 0 Å². The number of furan rings is 1. The summed E-state index contributed by atoms with van der Waals surface area (Å²) < 4.78 is 7.34. The molecule has 0 saturated heterocycles. The quantitative estimate of drug-likeness (QED) is 0.202. The summed E-state index contributed by atoms with van der Waals surface area (Å²) in [5.74, 6) is 1.46. The van der Waals surface area contributed by atoms with Crippen molar-refractivity contribution in [2.75, 3.05) is 23.7 Å². The number of nitrogens with zero attached hydrogens (tertiary/aromatic N) is 5. The molecule has 1 aliphatic rings. The minimum atomic E-state index is 0.264. The van der Waals surface area contributed by atoms with E-state index < -0.39 is 0 Å². The van der Waals surface area contributed by atoms with Crippen LogP contribution in [0.1, 0.15) is 77.8 Å². The second kappa shape index (κ2) is 12.6. The fourth-order valence-electron chi connectivity index (χ4n) is 5.73. The van der Waals surface area contributed by atoms with Crippen LogP contribution in [0.2, 0.25) is 0 Å². The Morgan fingerprint density at radius 1 is 0.974 bits per heavy atom. The highest BCUT2D eigenvalue weighted by molar-refractivity contribution is 5.84. The zero-order chi connectivity index (χ0) is 27.2. The molecule has 0 radical (unpaired) electrons. The first kappa shape index (κ1) is 27.2. The van der Waals surface area contributed by atoms with Gasteiger partial charge in [-0.15, -0.1) is 0 Å². The van der Waals surface area contributed by atoms with Crippen molar-refractivity contribution in [3.63, 3.8) is 0 Å². The van der Waals surface area contributed by atoms with Crippen LogP contribution in [0.5, 0.6) is 0 Å². The van der Waals surface area contributed by atoms with Crippen LogP contribution in [0.15, 0.2) is 53.6 Å². The first-order chi connectivity index (χ1) is 19.1. The predicted octanol–water partition coefficient (Wildman–Crippen LogP) is 7.12. The second-order valence-electron chi connectivity index (χ2n) is 11.1. The largest absolute Gasteiger partial charge is 0.472 e. The number of nitrogens with one attached hydrogen (secondary N) is 2. The van der Waals surface area contributed by atoms with Gasteiger partial charge in [0.15, 0.2) is 17.0 Å². The molecule has 0 amide bonds. The number of aromatic nitrogens is 4. The van der Waals surface area contributed by atoms with Gasteiger partial charge in [0.05, 0.1) is 18.9 Å². The summed E-state index contributed by atoms with van der Waals surface area (Å²) in [6, 6.07) is 11.8. The summed E-state index contributed by atoms with van der Waals surface area (Å²) in [7, 11) is 0. The summed E-state index contributed by atoms with van der Waals surface area (Å²) in [5, 5.41) is 7.23. The lowest BCUT2D eigenvalue weighted by Crippen LogP contribution is -2.41. The molecule has 3 heterocycles. The summed E-state index contributed by atoms with van der Waals surface area (Å²) in [6.45, 7) is 11.9. The van der Waals surface area contributed by atoms with Gasteiger partial charge in [0.25, 0.3) is 0 Å². The van der Waals surface area contributed by atoms with Gasteiger partial charge >= 0.3 is 0 Å². The first-order valence-corrected chi connectivity index (χ1v) is 14.7. The van der Waals surface area contributed by atoms with Crippen LogP contribution in [0.4, 0.5) is 11.8 Å². The second-order valence-corrected chi connectivity index (χ2v) is 11.1. The standard InChI is InChI=1S/C31H43N7O/c1-5-16-37(17-6-2)27-13-11-26(12-14-27)34-31-35-29(28-30(36-31)38(21-33-28)22(3)4)32-19-23-7-9-24(10-8-23)25-15-18-39-20-25/h7-10,15,18,20-22,26-27H,5-6,11-14,16-17,19H2,1-4H3,(H2,32,34,35,36). The summed E-state index contributed by atoms with van der Waals surface area (Å²) in [5.41, 5.74) is 5.07. The van der Waals surface area contributed by atoms with Gasteiger partial charge in [0, 0.05) is 30.2 Å². The normalized spacial score (nSPS) is 17.8. The van der Waals surface area contributed by atoms with Gasteiger partial charge in [0.1, 0.15) is 0 Å². The van der Waals surface area contributed by atoms with E-state index in [-0.39, 0.29) is 6.04 Å². The molecule has 0 unspecified atom stereocenters. The Hall–Kier alpha value is -3.39. The van der Waals surface area contributed by atoms with Gasteiger partial charge in [-0.2, -0.15) is 9.97 Å². The number of fused-ring (bicyclic) bond motifs is 1. The van der Waals surface area contributed by atoms with Crippen molar-refractivity contribution < 1.29 is 4.42 Å². The monoisotopic (exact) mass is 529 g/mol. The predicted molar refractivity (Wildman–Crippen MR) is 159 cm³/mol. The molecule has 4 aromatic rings. The van der Waals surface area contributed by atoms with Crippen molar-refractivity contribution in [3.05, 3.63) is 54.7 Å². The molecule has 3 aromatic heterocycles. The molecular formula is C31H43N7O. The third-order valence-electron chi connectivity index (χ3n) is 7.81. The fourth-order valence-corrected chi connectivity index (χ4v) is 5.73. The SMILES string of the molecule is CCCN(CCC)C1CCC(Nc2nc(NCc3ccc(-c4ccoc4)cc3)c3ncn(C(C)C)c3n2)CC1. The maximum atomic E-state index is 5.22. The molecule has 8 nitrogen and oxygen atoms in total. The molecule has 39 heavy (non-hydrogen) atoms. The topological polar surface area (TPSA) is 84.0 Å². The zero-order valence-corrected chi connectivity index (χ0v) is 23.9. The van der Waals surface area contributed by atoms with Crippen LogP contribution in [0.25, 0.3) is 22.3 Å². The van der Waals surface area contributed by atoms with E-state index in [2.05, 4.69) is 77.0 Å². The van der Waals surface area contributed by atoms with Gasteiger partial charge in [0.2, 0.25) is 5.95 Å². The molecule has 1 fully saturated rings. The average Bonchev–Trinajstić information content (AvgIpc) is 3.63. The average molecular weight is 530 g/mol. The maximum Gasteiger partial charge on any atom is 0.227 e. The highest BCUT2D eigenvalue weighted by atomic mass is 16.3. The van der Waals surface area contributed by atoms with Crippen LogP contribution < -0.4 is 10.6 Å². The van der Waals surface area contributed by atoms with Crippen molar-refractivity contribution >= 4 is 22.9 Å². The van der Waals surface area contributed by atoms with Crippen molar-refractivity contribution in [2.24, 2.45) is 0 Å². The van der Waals surface area contributed by atoms with E-state index in [9.17, 15) is 0 Å². The van der Waals surface area contributed by atoms with Crippen LogP contribution in [-0.2, 0) is 6.54 Å². The highest BCUT2D eigenvalue weighted by Gasteiger charge is 2.26. The Bertz CT molecular complexity index is 1300. The van der Waals surface area contributed by atoms with Crippen LogP contribution in [0, 0.1) is 0 Å². The molecule has 208 valence electrons. The molecule has 8 heteroatoms. The van der Waals surface area contributed by atoms with Gasteiger partial charge in [-0.25, -0.2) is 4.98 Å². The molecule has 1 aliphatic carbocycles. The molecule has 0 atom stereocenters. The van der Waals surface area contributed by atoms with Crippen LogP contribution >= 0.6 is 0 Å². The molecule has 1 saturated carbocycles. The van der Waals surface area contributed by atoms with E-state index in [4.69, 9.17) is 14.4 Å². The lowest BCUT2D eigenvalue weighted by molar-refractivity contribution is 0.152. The van der Waals surface area contributed by atoms with Crippen molar-refractivity contribution in [1.29, 1.82) is 0 Å². The summed E-state index contributed by atoms with van der Waals surface area (Å²) in [6.07, 6.45) is 12.5. The zero-order valence-electron chi connectivity index (χ0n) is 23.9. The Labute approximate surface area is 232 Å². The van der Waals surface area contributed by atoms with Crippen molar-refractivity contribution in [1.82, 2.24) is 24.4 Å². The third-order valence-corrected chi connectivity index (χ3v) is 7.81.